The number of carbonyl (C=O) groups excluding carboxylic acids is 1. The minimum atomic E-state index is -0.652. The zero-order chi connectivity index (χ0) is 18.7. The lowest BCUT2D eigenvalue weighted by Crippen LogP contribution is -2.33. The molecule has 2 aromatic carbocycles. The van der Waals surface area contributed by atoms with Crippen LogP contribution >= 0.6 is 0 Å². The molecule has 6 heteroatoms. The molecule has 0 radical (unpaired) electrons. The molecular weight excluding hydrogens is 343 g/mol. The molecule has 0 aliphatic heterocycles. The Morgan fingerprint density at radius 2 is 1.88 bits per heavy atom. The third kappa shape index (κ3) is 4.36. The molecule has 3 nitrogen and oxygen atoms in total. The lowest BCUT2D eigenvalue weighted by Gasteiger charge is -2.23. The summed E-state index contributed by atoms with van der Waals surface area (Å²) < 4.78 is 45.6. The van der Waals surface area contributed by atoms with Crippen LogP contribution in [0.25, 0.3) is 0 Å². The Balaban J connectivity index is 1.65. The minimum absolute atomic E-state index is 0.0968. The average molecular weight is 363 g/mol. The fraction of sp³-hybridized carbons (Fsp3) is 0.350. The second-order valence-corrected chi connectivity index (χ2v) is 6.46. The van der Waals surface area contributed by atoms with E-state index in [2.05, 4.69) is 0 Å². The molecule has 0 heterocycles. The van der Waals surface area contributed by atoms with Gasteiger partial charge in [0.05, 0.1) is 7.11 Å². The normalized spacial score (nSPS) is 13.5. The molecule has 138 valence electrons. The van der Waals surface area contributed by atoms with E-state index >= 15 is 0 Å². The van der Waals surface area contributed by atoms with Gasteiger partial charge in [0.2, 0.25) is 5.91 Å². The number of aryl methyl sites for hydroxylation is 1. The summed E-state index contributed by atoms with van der Waals surface area (Å²) in [6.45, 7) is 0.118. The fourth-order valence-corrected chi connectivity index (χ4v) is 2.90. The Morgan fingerprint density at radius 1 is 1.12 bits per heavy atom. The number of methoxy groups -OCH3 is 1. The van der Waals surface area contributed by atoms with Gasteiger partial charge in [-0.2, -0.15) is 0 Å². The third-order valence-corrected chi connectivity index (χ3v) is 4.51. The number of hydrogen-bond acceptors (Lipinski definition) is 2. The maximum Gasteiger partial charge on any atom is 0.223 e. The summed E-state index contributed by atoms with van der Waals surface area (Å²) in [7, 11) is 1.39. The first-order valence-corrected chi connectivity index (χ1v) is 8.53. The van der Waals surface area contributed by atoms with Crippen molar-refractivity contribution in [3.05, 3.63) is 65.0 Å². The highest BCUT2D eigenvalue weighted by Gasteiger charge is 2.32. The van der Waals surface area contributed by atoms with Gasteiger partial charge < -0.3 is 9.64 Å². The third-order valence-electron chi connectivity index (χ3n) is 4.51. The molecule has 3 rings (SSSR count). The van der Waals surface area contributed by atoms with Gasteiger partial charge in [0, 0.05) is 30.6 Å². The number of nitrogens with zero attached hydrogens (tertiary/aromatic N) is 1. The van der Waals surface area contributed by atoms with Gasteiger partial charge in [-0.15, -0.1) is 0 Å². The molecule has 26 heavy (non-hydrogen) atoms. The van der Waals surface area contributed by atoms with Crippen LogP contribution in [-0.4, -0.2) is 24.0 Å². The van der Waals surface area contributed by atoms with Crippen molar-refractivity contribution in [2.45, 2.75) is 38.3 Å². The van der Waals surface area contributed by atoms with E-state index < -0.39 is 17.5 Å². The SMILES string of the molecule is COc1ccc(CCC(=O)N(Cc2ccc(F)cc2F)C2CC2)cc1F. The van der Waals surface area contributed by atoms with Gasteiger partial charge in [-0.3, -0.25) is 4.79 Å². The largest absolute Gasteiger partial charge is 0.494 e. The second-order valence-electron chi connectivity index (χ2n) is 6.46. The average Bonchev–Trinajstić information content (AvgIpc) is 3.44. The summed E-state index contributed by atoms with van der Waals surface area (Å²) >= 11 is 0. The van der Waals surface area contributed by atoms with Crippen molar-refractivity contribution in [2.75, 3.05) is 7.11 Å². The number of hydrogen-bond donors (Lipinski definition) is 0. The minimum Gasteiger partial charge on any atom is -0.494 e. The molecule has 1 saturated carbocycles. The van der Waals surface area contributed by atoms with Gasteiger partial charge >= 0.3 is 0 Å². The molecule has 1 fully saturated rings. The molecule has 0 N–H and O–H groups in total. The maximum atomic E-state index is 13.9. The van der Waals surface area contributed by atoms with E-state index in [1.54, 1.807) is 11.0 Å². The highest BCUT2D eigenvalue weighted by Crippen LogP contribution is 2.30. The van der Waals surface area contributed by atoms with Crippen molar-refractivity contribution >= 4 is 5.91 Å². The number of rotatable bonds is 7. The van der Waals surface area contributed by atoms with Crippen LogP contribution in [0.3, 0.4) is 0 Å². The molecular formula is C20H20F3NO2. The summed E-state index contributed by atoms with van der Waals surface area (Å²) in [5.74, 6) is -1.72. The molecule has 1 amide bonds. The van der Waals surface area contributed by atoms with Gasteiger partial charge in [-0.05, 0) is 43.0 Å². The van der Waals surface area contributed by atoms with Crippen LogP contribution in [0, 0.1) is 17.5 Å². The summed E-state index contributed by atoms with van der Waals surface area (Å²) in [5, 5.41) is 0. The van der Waals surface area contributed by atoms with Crippen LogP contribution < -0.4 is 4.74 Å². The lowest BCUT2D eigenvalue weighted by molar-refractivity contribution is -0.132. The van der Waals surface area contributed by atoms with E-state index in [1.165, 1.54) is 31.4 Å². The first-order chi connectivity index (χ1) is 12.5. The van der Waals surface area contributed by atoms with Crippen molar-refractivity contribution in [3.63, 3.8) is 0 Å². The van der Waals surface area contributed by atoms with Crippen LogP contribution in [0.15, 0.2) is 36.4 Å². The molecule has 2 aromatic rings. The zero-order valence-electron chi connectivity index (χ0n) is 14.5. The summed E-state index contributed by atoms with van der Waals surface area (Å²) in [6, 6.07) is 8.08. The first-order valence-electron chi connectivity index (χ1n) is 8.53. The molecule has 0 saturated heterocycles. The molecule has 0 unspecified atom stereocenters. The first kappa shape index (κ1) is 18.3. The Morgan fingerprint density at radius 3 is 2.50 bits per heavy atom. The van der Waals surface area contributed by atoms with Gasteiger partial charge in [0.15, 0.2) is 11.6 Å². The fourth-order valence-electron chi connectivity index (χ4n) is 2.90. The highest BCUT2D eigenvalue weighted by atomic mass is 19.1. The van der Waals surface area contributed by atoms with Crippen LogP contribution in [0.5, 0.6) is 5.75 Å². The van der Waals surface area contributed by atoms with E-state index in [-0.39, 0.29) is 30.7 Å². The van der Waals surface area contributed by atoms with Gasteiger partial charge in [0.25, 0.3) is 0 Å². The van der Waals surface area contributed by atoms with Crippen molar-refractivity contribution in [1.82, 2.24) is 4.90 Å². The van der Waals surface area contributed by atoms with Crippen LogP contribution in [0.4, 0.5) is 13.2 Å². The van der Waals surface area contributed by atoms with E-state index in [4.69, 9.17) is 4.74 Å². The predicted molar refractivity (Wildman–Crippen MR) is 91.2 cm³/mol. The molecule has 0 bridgehead atoms. The molecule has 1 aliphatic rings. The van der Waals surface area contributed by atoms with E-state index in [0.717, 1.165) is 18.9 Å². The van der Waals surface area contributed by atoms with E-state index in [9.17, 15) is 18.0 Å². The summed E-state index contributed by atoms with van der Waals surface area (Å²) in [6.07, 6.45) is 2.34. The van der Waals surface area contributed by atoms with Gasteiger partial charge in [0.1, 0.15) is 11.6 Å². The van der Waals surface area contributed by atoms with Crippen LogP contribution in [0.2, 0.25) is 0 Å². The van der Waals surface area contributed by atoms with Crippen molar-refractivity contribution in [2.24, 2.45) is 0 Å². The van der Waals surface area contributed by atoms with Crippen molar-refractivity contribution < 1.29 is 22.7 Å². The summed E-state index contributed by atoms with van der Waals surface area (Å²) in [4.78, 5) is 14.2. The standard InChI is InChI=1S/C20H20F3NO2/c1-26-19-8-2-13(10-18(19)23)3-9-20(25)24(16-6-7-16)12-14-4-5-15(21)11-17(14)22/h2,4-5,8,10-11,16H,3,6-7,9,12H2,1H3. The highest BCUT2D eigenvalue weighted by molar-refractivity contribution is 5.77. The van der Waals surface area contributed by atoms with Crippen molar-refractivity contribution in [3.8, 4) is 5.75 Å². The molecule has 1 aliphatic carbocycles. The number of halogens is 3. The number of ether oxygens (including phenoxy) is 1. The molecule has 0 aromatic heterocycles. The zero-order valence-corrected chi connectivity index (χ0v) is 14.5. The Hall–Kier alpha value is -2.50. The Bertz CT molecular complexity index is 806. The lowest BCUT2D eigenvalue weighted by atomic mass is 10.1. The summed E-state index contributed by atoms with van der Waals surface area (Å²) in [5.41, 5.74) is 0.988. The second kappa shape index (κ2) is 7.81. The predicted octanol–water partition coefficient (Wildman–Crippen LogP) is 4.24. The van der Waals surface area contributed by atoms with E-state index in [1.807, 2.05) is 0 Å². The van der Waals surface area contributed by atoms with Crippen molar-refractivity contribution in [1.29, 1.82) is 0 Å². The number of benzene rings is 2. The smallest absolute Gasteiger partial charge is 0.223 e. The Kier molecular flexibility index (Phi) is 5.49. The maximum absolute atomic E-state index is 13.9. The quantitative estimate of drug-likeness (QED) is 0.737. The van der Waals surface area contributed by atoms with Gasteiger partial charge in [-0.25, -0.2) is 13.2 Å². The van der Waals surface area contributed by atoms with E-state index in [0.29, 0.717) is 17.5 Å². The number of carbonyl (C=O) groups is 1. The number of amides is 1. The Labute approximate surface area is 150 Å². The van der Waals surface area contributed by atoms with Crippen LogP contribution in [-0.2, 0) is 17.8 Å². The molecule has 0 atom stereocenters. The monoisotopic (exact) mass is 363 g/mol. The van der Waals surface area contributed by atoms with Crippen LogP contribution in [0.1, 0.15) is 30.4 Å². The molecule has 0 spiro atoms. The van der Waals surface area contributed by atoms with Gasteiger partial charge in [-0.1, -0.05) is 12.1 Å². The topological polar surface area (TPSA) is 29.5 Å².